The molecule has 0 aliphatic heterocycles. The number of hydrogen-bond acceptors (Lipinski definition) is 8. The topological polar surface area (TPSA) is 101 Å². The molecule has 0 spiro atoms. The van der Waals surface area contributed by atoms with Crippen molar-refractivity contribution in [3.8, 4) is 11.5 Å². The van der Waals surface area contributed by atoms with Gasteiger partial charge in [-0.2, -0.15) is 8.75 Å². The van der Waals surface area contributed by atoms with Crippen molar-refractivity contribution in [3.63, 3.8) is 0 Å². The maximum atomic E-state index is 13.9. The number of Topliss-reactive ketones (excluding diaryl/α,β-unsaturated/α-hetero) is 1. The number of methoxy groups -OCH3 is 1. The van der Waals surface area contributed by atoms with E-state index in [0.717, 1.165) is 22.9 Å². The SMILES string of the molecule is COc1ccc(C/C(C(=O)c2ccc(OCc3ccccc3)cc2)=C(\C(=O)[O-])c2ccc3nsnc3c2)cc1.[Na+]. The van der Waals surface area contributed by atoms with E-state index in [1.165, 1.54) is 0 Å². The second-order valence-electron chi connectivity index (χ2n) is 8.76. The number of rotatable bonds is 10. The van der Waals surface area contributed by atoms with E-state index in [4.69, 9.17) is 9.47 Å². The van der Waals surface area contributed by atoms with E-state index in [0.29, 0.717) is 40.3 Å². The molecule has 0 fully saturated rings. The molecule has 5 aromatic rings. The number of carbonyl (C=O) groups excluding carboxylic acids is 2. The van der Waals surface area contributed by atoms with Gasteiger partial charge in [0.2, 0.25) is 0 Å². The minimum absolute atomic E-state index is 0. The standard InChI is InChI=1S/C31H24N2O5S.Na/c1-37-24-12-7-20(8-13-24)17-26(29(31(35)36)23-11-16-27-28(18-23)33-39-32-27)30(34)22-9-14-25(15-10-22)38-19-21-5-3-2-4-6-21;/h2-16,18H,17,19H2,1H3,(H,35,36);/q;+1/p-1/b29-26+;. The van der Waals surface area contributed by atoms with Crippen LogP contribution in [0.3, 0.4) is 0 Å². The van der Waals surface area contributed by atoms with Gasteiger partial charge in [-0.05, 0) is 65.2 Å². The summed E-state index contributed by atoms with van der Waals surface area (Å²) in [5.74, 6) is -0.616. The maximum absolute atomic E-state index is 13.9. The van der Waals surface area contributed by atoms with Crippen molar-refractivity contribution in [1.82, 2.24) is 8.75 Å². The first-order valence-corrected chi connectivity index (χ1v) is 12.9. The Morgan fingerprint density at radius 2 is 1.43 bits per heavy atom. The minimum atomic E-state index is -1.45. The van der Waals surface area contributed by atoms with Gasteiger partial charge in [-0.25, -0.2) is 0 Å². The summed E-state index contributed by atoms with van der Waals surface area (Å²) >= 11 is 1.03. The number of nitrogens with zero attached hydrogens (tertiary/aromatic N) is 2. The number of fused-ring (bicyclic) bond motifs is 1. The molecule has 0 unspecified atom stereocenters. The number of ether oxygens (including phenoxy) is 2. The second-order valence-corrected chi connectivity index (χ2v) is 9.29. The van der Waals surface area contributed by atoms with Crippen LogP contribution in [-0.2, 0) is 17.8 Å². The molecule has 0 aliphatic rings. The zero-order chi connectivity index (χ0) is 27.2. The number of carboxylic acids is 1. The summed E-state index contributed by atoms with van der Waals surface area (Å²) in [7, 11) is 1.56. The van der Waals surface area contributed by atoms with Gasteiger partial charge in [-0.3, -0.25) is 4.79 Å². The van der Waals surface area contributed by atoms with Gasteiger partial charge in [0.25, 0.3) is 0 Å². The molecule has 0 saturated carbocycles. The molecule has 1 aromatic heterocycles. The summed E-state index contributed by atoms with van der Waals surface area (Å²) < 4.78 is 19.5. The Hall–Kier alpha value is -3.82. The predicted octanol–water partition coefficient (Wildman–Crippen LogP) is 1.91. The number of hydrogen-bond donors (Lipinski definition) is 0. The number of benzene rings is 4. The van der Waals surface area contributed by atoms with Crippen LogP contribution in [0, 0.1) is 0 Å². The van der Waals surface area contributed by atoms with E-state index in [1.54, 1.807) is 73.8 Å². The van der Waals surface area contributed by atoms with E-state index in [1.807, 2.05) is 30.3 Å². The van der Waals surface area contributed by atoms with Crippen LogP contribution in [0.25, 0.3) is 16.6 Å². The van der Waals surface area contributed by atoms with Gasteiger partial charge in [0.1, 0.15) is 29.1 Å². The largest absolute Gasteiger partial charge is 1.00 e. The summed E-state index contributed by atoms with van der Waals surface area (Å²) in [6.07, 6.45) is 0.0752. The molecular formula is C31H23N2NaO5S. The van der Waals surface area contributed by atoms with Crippen molar-refractivity contribution in [2.24, 2.45) is 0 Å². The zero-order valence-corrected chi connectivity index (χ0v) is 24.8. The Labute approximate surface area is 257 Å². The smallest absolute Gasteiger partial charge is 0.545 e. The normalized spacial score (nSPS) is 11.3. The average molecular weight is 559 g/mol. The van der Waals surface area contributed by atoms with Gasteiger partial charge in [0.05, 0.1) is 24.8 Å². The van der Waals surface area contributed by atoms with E-state index in [-0.39, 0.29) is 47.1 Å². The monoisotopic (exact) mass is 558 g/mol. The molecule has 4 aromatic carbocycles. The van der Waals surface area contributed by atoms with Crippen LogP contribution in [0.2, 0.25) is 0 Å². The fraction of sp³-hybridized carbons (Fsp3) is 0.0968. The summed E-state index contributed by atoms with van der Waals surface area (Å²) in [4.78, 5) is 26.4. The van der Waals surface area contributed by atoms with Gasteiger partial charge < -0.3 is 19.4 Å². The van der Waals surface area contributed by atoms with Gasteiger partial charge in [0, 0.05) is 23.1 Å². The third-order valence-electron chi connectivity index (χ3n) is 6.23. The fourth-order valence-corrected chi connectivity index (χ4v) is 4.72. The van der Waals surface area contributed by atoms with Crippen LogP contribution in [0.5, 0.6) is 11.5 Å². The van der Waals surface area contributed by atoms with Crippen LogP contribution >= 0.6 is 11.7 Å². The molecular weight excluding hydrogens is 535 g/mol. The maximum Gasteiger partial charge on any atom is 1.00 e. The minimum Gasteiger partial charge on any atom is -0.545 e. The predicted molar refractivity (Wildman–Crippen MR) is 148 cm³/mol. The summed E-state index contributed by atoms with van der Waals surface area (Å²) in [6, 6.07) is 28.5. The Balaban J connectivity index is 0.00000370. The molecule has 9 heteroatoms. The molecule has 40 heavy (non-hydrogen) atoms. The van der Waals surface area contributed by atoms with Crippen LogP contribution in [0.4, 0.5) is 0 Å². The molecule has 0 amide bonds. The average Bonchev–Trinajstić information content (AvgIpc) is 3.44. The molecule has 194 valence electrons. The molecule has 0 saturated heterocycles. The molecule has 0 aliphatic carbocycles. The number of carbonyl (C=O) groups is 2. The first-order valence-electron chi connectivity index (χ1n) is 12.1. The molecule has 0 bridgehead atoms. The Morgan fingerprint density at radius 3 is 2.10 bits per heavy atom. The number of aromatic nitrogens is 2. The second kappa shape index (κ2) is 13.5. The van der Waals surface area contributed by atoms with Crippen molar-refractivity contribution in [2.45, 2.75) is 13.0 Å². The van der Waals surface area contributed by atoms with Gasteiger partial charge >= 0.3 is 29.6 Å². The number of ketones is 1. The Kier molecular flexibility index (Phi) is 9.84. The molecule has 0 atom stereocenters. The molecule has 1 heterocycles. The summed E-state index contributed by atoms with van der Waals surface area (Å²) in [5, 5.41) is 12.5. The zero-order valence-electron chi connectivity index (χ0n) is 22.0. The quantitative estimate of drug-likeness (QED) is 0.147. The molecule has 0 radical (unpaired) electrons. The number of aliphatic carboxylic acids is 1. The third kappa shape index (κ3) is 6.84. The van der Waals surface area contributed by atoms with Crippen molar-refractivity contribution in [1.29, 1.82) is 0 Å². The van der Waals surface area contributed by atoms with Crippen LogP contribution in [0.1, 0.15) is 27.0 Å². The van der Waals surface area contributed by atoms with Gasteiger partial charge in [0.15, 0.2) is 5.78 Å². The van der Waals surface area contributed by atoms with Crippen LogP contribution in [-0.4, -0.2) is 27.6 Å². The van der Waals surface area contributed by atoms with Crippen molar-refractivity contribution in [3.05, 3.63) is 125 Å². The summed E-state index contributed by atoms with van der Waals surface area (Å²) in [5.41, 5.74) is 3.54. The summed E-state index contributed by atoms with van der Waals surface area (Å²) in [6.45, 7) is 0.388. The molecule has 0 N–H and O–H groups in total. The fourth-order valence-electron chi connectivity index (χ4n) is 4.20. The van der Waals surface area contributed by atoms with Gasteiger partial charge in [-0.15, -0.1) is 0 Å². The molecule has 7 nitrogen and oxygen atoms in total. The van der Waals surface area contributed by atoms with Crippen LogP contribution < -0.4 is 44.1 Å². The number of carboxylic acid groups (broad SMARTS) is 1. The van der Waals surface area contributed by atoms with E-state index >= 15 is 0 Å². The van der Waals surface area contributed by atoms with Gasteiger partial charge in [-0.1, -0.05) is 48.5 Å². The van der Waals surface area contributed by atoms with Crippen molar-refractivity contribution >= 4 is 40.1 Å². The molecule has 5 rings (SSSR count). The van der Waals surface area contributed by atoms with E-state index in [2.05, 4.69) is 8.75 Å². The Bertz CT molecular complexity index is 1650. The van der Waals surface area contributed by atoms with Crippen molar-refractivity contribution < 1.29 is 53.7 Å². The third-order valence-corrected chi connectivity index (χ3v) is 6.78. The van der Waals surface area contributed by atoms with E-state index in [9.17, 15) is 14.7 Å². The first kappa shape index (κ1) is 29.2. The van der Waals surface area contributed by atoms with Crippen molar-refractivity contribution in [2.75, 3.05) is 7.11 Å². The number of allylic oxidation sites excluding steroid dienone is 1. The van der Waals surface area contributed by atoms with Crippen LogP contribution in [0.15, 0.2) is 103 Å². The first-order chi connectivity index (χ1) is 19.0. The Morgan fingerprint density at radius 1 is 0.775 bits per heavy atom. The van der Waals surface area contributed by atoms with E-state index < -0.39 is 11.8 Å².